The second-order valence-corrected chi connectivity index (χ2v) is 4.39. The van der Waals surface area contributed by atoms with Gasteiger partial charge in [0.2, 0.25) is 0 Å². The molecule has 0 bridgehead atoms. The molecule has 96 valence electrons. The van der Waals surface area contributed by atoms with Gasteiger partial charge in [-0.1, -0.05) is 5.16 Å². The molecule has 1 aromatic carbocycles. The molecular formula is C14H14N4O. The van der Waals surface area contributed by atoms with Gasteiger partial charge >= 0.3 is 0 Å². The van der Waals surface area contributed by atoms with E-state index in [1.54, 1.807) is 6.20 Å². The Morgan fingerprint density at radius 2 is 2.21 bits per heavy atom. The molecule has 3 N–H and O–H groups in total. The summed E-state index contributed by atoms with van der Waals surface area (Å²) in [4.78, 5) is 4.30. The summed E-state index contributed by atoms with van der Waals surface area (Å²) < 4.78 is 5.17. The van der Waals surface area contributed by atoms with Gasteiger partial charge in [-0.25, -0.2) is 0 Å². The van der Waals surface area contributed by atoms with E-state index in [0.29, 0.717) is 12.2 Å². The van der Waals surface area contributed by atoms with Crippen LogP contribution >= 0.6 is 0 Å². The number of nitrogens with two attached hydrogens (primary N) is 1. The van der Waals surface area contributed by atoms with Crippen molar-refractivity contribution in [1.82, 2.24) is 10.1 Å². The number of hydrogen-bond acceptors (Lipinski definition) is 5. The number of rotatable bonds is 3. The highest BCUT2D eigenvalue weighted by atomic mass is 16.5. The fourth-order valence-corrected chi connectivity index (χ4v) is 2.03. The van der Waals surface area contributed by atoms with E-state index in [1.807, 2.05) is 37.3 Å². The quantitative estimate of drug-likeness (QED) is 0.703. The Labute approximate surface area is 110 Å². The van der Waals surface area contributed by atoms with E-state index in [0.717, 1.165) is 28.0 Å². The Morgan fingerprint density at radius 3 is 3.00 bits per heavy atom. The highest BCUT2D eigenvalue weighted by molar-refractivity contribution is 5.98. The fraction of sp³-hybridized carbons (Fsp3) is 0.143. The molecule has 0 amide bonds. The van der Waals surface area contributed by atoms with E-state index >= 15 is 0 Å². The molecule has 0 fully saturated rings. The molecule has 3 rings (SSSR count). The number of hydrogen-bond donors (Lipinski definition) is 2. The zero-order valence-corrected chi connectivity index (χ0v) is 10.6. The Kier molecular flexibility index (Phi) is 2.79. The minimum Gasteiger partial charge on any atom is -0.397 e. The minimum atomic E-state index is 0.578. The van der Waals surface area contributed by atoms with Crippen LogP contribution in [-0.2, 0) is 6.54 Å². The summed E-state index contributed by atoms with van der Waals surface area (Å²) in [6, 6.07) is 9.59. The maximum atomic E-state index is 5.92. The molecule has 0 atom stereocenters. The molecule has 0 aliphatic carbocycles. The van der Waals surface area contributed by atoms with Crippen molar-refractivity contribution in [3.05, 3.63) is 48.0 Å². The lowest BCUT2D eigenvalue weighted by atomic mass is 10.1. The zero-order valence-electron chi connectivity index (χ0n) is 10.6. The summed E-state index contributed by atoms with van der Waals surface area (Å²) in [5.74, 6) is 0.798. The third-order valence-corrected chi connectivity index (χ3v) is 2.93. The highest BCUT2D eigenvalue weighted by Gasteiger charge is 2.06. The third-order valence-electron chi connectivity index (χ3n) is 2.93. The number of nitrogens with zero attached hydrogens (tertiary/aromatic N) is 2. The largest absolute Gasteiger partial charge is 0.397 e. The second kappa shape index (κ2) is 4.61. The summed E-state index contributed by atoms with van der Waals surface area (Å²) in [5, 5.41) is 8.17. The van der Waals surface area contributed by atoms with Gasteiger partial charge in [0.25, 0.3) is 0 Å². The summed E-state index contributed by atoms with van der Waals surface area (Å²) >= 11 is 0. The first-order valence-corrected chi connectivity index (χ1v) is 6.03. The normalized spacial score (nSPS) is 10.8. The molecule has 2 aromatic heterocycles. The van der Waals surface area contributed by atoms with Gasteiger partial charge in [0.1, 0.15) is 0 Å². The average molecular weight is 254 g/mol. The number of aryl methyl sites for hydroxylation is 1. The Hall–Kier alpha value is -2.56. The van der Waals surface area contributed by atoms with Crippen LogP contribution < -0.4 is 11.1 Å². The molecule has 5 nitrogen and oxygen atoms in total. The van der Waals surface area contributed by atoms with Crippen molar-refractivity contribution in [1.29, 1.82) is 0 Å². The van der Waals surface area contributed by atoms with Crippen molar-refractivity contribution in [2.24, 2.45) is 0 Å². The number of aromatic nitrogens is 2. The molecular weight excluding hydrogens is 240 g/mol. The third kappa shape index (κ3) is 2.22. The second-order valence-electron chi connectivity index (χ2n) is 4.39. The van der Waals surface area contributed by atoms with Crippen molar-refractivity contribution in [2.45, 2.75) is 13.5 Å². The zero-order chi connectivity index (χ0) is 13.2. The lowest BCUT2D eigenvalue weighted by Crippen LogP contribution is -2.00. The molecule has 0 unspecified atom stereocenters. The maximum absolute atomic E-state index is 5.92. The molecule has 5 heteroatoms. The summed E-state index contributed by atoms with van der Waals surface area (Å²) in [6.07, 6.45) is 1.74. The van der Waals surface area contributed by atoms with Crippen LogP contribution in [0.15, 0.2) is 41.1 Å². The van der Waals surface area contributed by atoms with Gasteiger partial charge in [-0.3, -0.25) is 4.98 Å². The summed E-state index contributed by atoms with van der Waals surface area (Å²) in [5.41, 5.74) is 9.25. The first-order valence-electron chi connectivity index (χ1n) is 6.03. The van der Waals surface area contributed by atoms with Crippen LogP contribution in [0.2, 0.25) is 0 Å². The lowest BCUT2D eigenvalue weighted by Gasteiger charge is -2.09. The van der Waals surface area contributed by atoms with E-state index in [1.165, 1.54) is 0 Å². The Bertz CT molecular complexity index is 720. The highest BCUT2D eigenvalue weighted by Crippen LogP contribution is 2.26. The molecule has 0 saturated carbocycles. The van der Waals surface area contributed by atoms with Gasteiger partial charge in [-0.05, 0) is 31.2 Å². The van der Waals surface area contributed by atoms with E-state index in [4.69, 9.17) is 10.3 Å². The average Bonchev–Trinajstić information content (AvgIpc) is 2.84. The lowest BCUT2D eigenvalue weighted by molar-refractivity contribution is 0.384. The van der Waals surface area contributed by atoms with Gasteiger partial charge in [0.15, 0.2) is 5.76 Å². The van der Waals surface area contributed by atoms with E-state index < -0.39 is 0 Å². The number of fused-ring (bicyclic) bond motifs is 1. The van der Waals surface area contributed by atoms with Crippen molar-refractivity contribution >= 4 is 22.3 Å². The predicted molar refractivity (Wildman–Crippen MR) is 74.7 cm³/mol. The fourth-order valence-electron chi connectivity index (χ4n) is 2.03. The van der Waals surface area contributed by atoms with Crippen molar-refractivity contribution < 1.29 is 4.52 Å². The Balaban J connectivity index is 1.91. The van der Waals surface area contributed by atoms with Crippen LogP contribution in [0.5, 0.6) is 0 Å². The SMILES string of the molecule is Cc1cc(CNc2ccc(N)c3ncccc23)on1. The first-order chi connectivity index (χ1) is 9.24. The van der Waals surface area contributed by atoms with Gasteiger partial charge in [0, 0.05) is 23.3 Å². The topological polar surface area (TPSA) is 77.0 Å². The van der Waals surface area contributed by atoms with Crippen LogP contribution in [0.4, 0.5) is 11.4 Å². The minimum absolute atomic E-state index is 0.578. The van der Waals surface area contributed by atoms with Gasteiger partial charge in [0.05, 0.1) is 23.4 Å². The predicted octanol–water partition coefficient (Wildman–Crippen LogP) is 2.73. The maximum Gasteiger partial charge on any atom is 0.156 e. The van der Waals surface area contributed by atoms with E-state index in [9.17, 15) is 0 Å². The van der Waals surface area contributed by atoms with Crippen molar-refractivity contribution in [3.8, 4) is 0 Å². The molecule has 0 radical (unpaired) electrons. The molecule has 19 heavy (non-hydrogen) atoms. The van der Waals surface area contributed by atoms with Crippen molar-refractivity contribution in [2.75, 3.05) is 11.1 Å². The van der Waals surface area contributed by atoms with E-state index in [-0.39, 0.29) is 0 Å². The van der Waals surface area contributed by atoms with Crippen LogP contribution in [0.25, 0.3) is 10.9 Å². The molecule has 2 heterocycles. The molecule has 3 aromatic rings. The van der Waals surface area contributed by atoms with Gasteiger partial charge in [-0.15, -0.1) is 0 Å². The van der Waals surface area contributed by atoms with Gasteiger partial charge < -0.3 is 15.6 Å². The number of benzene rings is 1. The molecule has 0 aliphatic rings. The number of anilines is 2. The first kappa shape index (κ1) is 11.5. The number of nitrogen functional groups attached to an aromatic ring is 1. The van der Waals surface area contributed by atoms with Crippen LogP contribution in [0, 0.1) is 6.92 Å². The monoisotopic (exact) mass is 254 g/mol. The molecule has 0 saturated heterocycles. The smallest absolute Gasteiger partial charge is 0.156 e. The van der Waals surface area contributed by atoms with Crippen molar-refractivity contribution in [3.63, 3.8) is 0 Å². The molecule has 0 spiro atoms. The van der Waals surface area contributed by atoms with E-state index in [2.05, 4.69) is 15.5 Å². The standard InChI is InChI=1S/C14H14N4O/c1-9-7-10(19-18-9)8-17-13-5-4-12(15)14-11(13)3-2-6-16-14/h2-7,17H,8,15H2,1H3. The van der Waals surface area contributed by atoms with Crippen LogP contribution in [0.3, 0.4) is 0 Å². The number of nitrogens with one attached hydrogen (secondary N) is 1. The van der Waals surface area contributed by atoms with Crippen LogP contribution in [0.1, 0.15) is 11.5 Å². The number of pyridine rings is 1. The summed E-state index contributed by atoms with van der Waals surface area (Å²) in [7, 11) is 0. The Morgan fingerprint density at radius 1 is 1.32 bits per heavy atom. The van der Waals surface area contributed by atoms with Gasteiger partial charge in [-0.2, -0.15) is 0 Å². The van der Waals surface area contributed by atoms with Crippen LogP contribution in [-0.4, -0.2) is 10.1 Å². The summed E-state index contributed by atoms with van der Waals surface area (Å²) in [6.45, 7) is 2.48. The molecule has 0 aliphatic heterocycles.